The van der Waals surface area contributed by atoms with Crippen LogP contribution in [0.15, 0.2) is 6.33 Å². The third-order valence-electron chi connectivity index (χ3n) is 3.41. The number of nitrogens with one attached hydrogen (secondary N) is 1. The van der Waals surface area contributed by atoms with Gasteiger partial charge in [0.2, 0.25) is 5.75 Å². The molecule has 1 saturated carbocycles. The van der Waals surface area contributed by atoms with Crippen molar-refractivity contribution in [3.8, 4) is 11.6 Å². The summed E-state index contributed by atoms with van der Waals surface area (Å²) in [6.45, 7) is 2.21. The highest BCUT2D eigenvalue weighted by atomic mass is 16.5. The van der Waals surface area contributed by atoms with Gasteiger partial charge in [0.25, 0.3) is 5.88 Å². The zero-order valence-corrected chi connectivity index (χ0v) is 10.8. The van der Waals surface area contributed by atoms with E-state index in [4.69, 9.17) is 15.3 Å². The Kier molecular flexibility index (Phi) is 4.19. The van der Waals surface area contributed by atoms with Crippen LogP contribution in [0.25, 0.3) is 0 Å². The van der Waals surface area contributed by atoms with Crippen molar-refractivity contribution in [2.75, 3.05) is 12.5 Å². The van der Waals surface area contributed by atoms with Crippen LogP contribution in [0.3, 0.4) is 0 Å². The molecule has 1 heterocycles. The molecule has 6 nitrogen and oxygen atoms in total. The maximum absolute atomic E-state index is 5.96. The van der Waals surface area contributed by atoms with Gasteiger partial charge >= 0.3 is 0 Å². The van der Waals surface area contributed by atoms with Gasteiger partial charge in [-0.05, 0) is 25.2 Å². The SMILES string of the molecule is COc1c(NN)ncnc1OC1CCCCC1C. The van der Waals surface area contributed by atoms with Crippen LogP contribution in [0, 0.1) is 5.92 Å². The molecule has 6 heteroatoms. The summed E-state index contributed by atoms with van der Waals surface area (Å²) < 4.78 is 11.2. The van der Waals surface area contributed by atoms with Gasteiger partial charge in [-0.2, -0.15) is 4.98 Å². The second kappa shape index (κ2) is 5.86. The first-order valence-electron chi connectivity index (χ1n) is 6.28. The predicted molar refractivity (Wildman–Crippen MR) is 68.4 cm³/mol. The number of ether oxygens (including phenoxy) is 2. The van der Waals surface area contributed by atoms with E-state index in [-0.39, 0.29) is 6.10 Å². The van der Waals surface area contributed by atoms with E-state index in [0.717, 1.165) is 6.42 Å². The minimum Gasteiger partial charge on any atom is -0.489 e. The molecule has 2 atom stereocenters. The zero-order valence-electron chi connectivity index (χ0n) is 10.8. The van der Waals surface area contributed by atoms with Gasteiger partial charge in [0, 0.05) is 0 Å². The van der Waals surface area contributed by atoms with Crippen molar-refractivity contribution in [2.45, 2.75) is 38.7 Å². The predicted octanol–water partition coefficient (Wildman–Crippen LogP) is 1.73. The highest BCUT2D eigenvalue weighted by molar-refractivity contribution is 5.54. The summed E-state index contributed by atoms with van der Waals surface area (Å²) in [6, 6.07) is 0. The molecule has 2 rings (SSSR count). The monoisotopic (exact) mass is 252 g/mol. The highest BCUT2D eigenvalue weighted by Gasteiger charge is 2.25. The van der Waals surface area contributed by atoms with Gasteiger partial charge in [-0.15, -0.1) is 0 Å². The molecule has 0 amide bonds. The number of aromatic nitrogens is 2. The fraction of sp³-hybridized carbons (Fsp3) is 0.667. The van der Waals surface area contributed by atoms with Crippen molar-refractivity contribution < 1.29 is 9.47 Å². The van der Waals surface area contributed by atoms with E-state index >= 15 is 0 Å². The molecule has 0 spiro atoms. The standard InChI is InChI=1S/C12H20N4O2/c1-8-5-3-4-6-9(8)18-12-10(17-2)11(16-13)14-7-15-12/h7-9H,3-6,13H2,1-2H3,(H,14,15,16). The summed E-state index contributed by atoms with van der Waals surface area (Å²) in [4.78, 5) is 8.12. The molecule has 3 N–H and O–H groups in total. The molecule has 2 unspecified atom stereocenters. The van der Waals surface area contributed by atoms with Crippen molar-refractivity contribution in [1.29, 1.82) is 0 Å². The molecular weight excluding hydrogens is 232 g/mol. The molecule has 1 aromatic rings. The fourth-order valence-corrected chi connectivity index (χ4v) is 2.33. The first-order chi connectivity index (χ1) is 8.76. The van der Waals surface area contributed by atoms with E-state index < -0.39 is 0 Å². The Hall–Kier alpha value is -1.56. The van der Waals surface area contributed by atoms with Crippen LogP contribution in [-0.2, 0) is 0 Å². The van der Waals surface area contributed by atoms with Gasteiger partial charge in [0.05, 0.1) is 7.11 Å². The Morgan fingerprint density at radius 2 is 2.11 bits per heavy atom. The molecule has 0 bridgehead atoms. The maximum atomic E-state index is 5.96. The van der Waals surface area contributed by atoms with E-state index in [9.17, 15) is 0 Å². The molecule has 0 saturated heterocycles. The molecule has 0 aliphatic heterocycles. The van der Waals surface area contributed by atoms with Crippen molar-refractivity contribution in [3.05, 3.63) is 6.33 Å². The number of hydrazine groups is 1. The summed E-state index contributed by atoms with van der Waals surface area (Å²) in [6.07, 6.45) is 6.33. The van der Waals surface area contributed by atoms with Gasteiger partial charge < -0.3 is 14.9 Å². The fourth-order valence-electron chi connectivity index (χ4n) is 2.33. The van der Waals surface area contributed by atoms with Gasteiger partial charge in [-0.25, -0.2) is 10.8 Å². The molecule has 18 heavy (non-hydrogen) atoms. The number of nitrogens with zero attached hydrogens (tertiary/aromatic N) is 2. The first kappa shape index (κ1) is 12.9. The molecule has 1 fully saturated rings. The van der Waals surface area contributed by atoms with Crippen molar-refractivity contribution in [2.24, 2.45) is 11.8 Å². The minimum absolute atomic E-state index is 0.188. The van der Waals surface area contributed by atoms with Crippen LogP contribution in [0.1, 0.15) is 32.6 Å². The lowest BCUT2D eigenvalue weighted by atomic mass is 9.88. The summed E-state index contributed by atoms with van der Waals surface area (Å²) in [5.74, 6) is 7.26. The van der Waals surface area contributed by atoms with E-state index in [1.54, 1.807) is 7.11 Å². The van der Waals surface area contributed by atoms with E-state index in [1.165, 1.54) is 25.6 Å². The van der Waals surface area contributed by atoms with Crippen LogP contribution in [0.5, 0.6) is 11.6 Å². The van der Waals surface area contributed by atoms with Gasteiger partial charge in [-0.1, -0.05) is 13.3 Å². The normalized spacial score (nSPS) is 23.5. The minimum atomic E-state index is 0.188. The second-order valence-corrected chi connectivity index (χ2v) is 4.62. The lowest BCUT2D eigenvalue weighted by molar-refractivity contribution is 0.0938. The lowest BCUT2D eigenvalue weighted by Gasteiger charge is -2.29. The average molecular weight is 252 g/mol. The van der Waals surface area contributed by atoms with Gasteiger partial charge in [0.15, 0.2) is 5.82 Å². The number of hydrogen-bond acceptors (Lipinski definition) is 6. The lowest BCUT2D eigenvalue weighted by Crippen LogP contribution is -2.29. The third-order valence-corrected chi connectivity index (χ3v) is 3.41. The number of methoxy groups -OCH3 is 1. The highest BCUT2D eigenvalue weighted by Crippen LogP contribution is 2.34. The van der Waals surface area contributed by atoms with Gasteiger partial charge in [0.1, 0.15) is 12.4 Å². The van der Waals surface area contributed by atoms with Crippen LogP contribution >= 0.6 is 0 Å². The molecule has 1 aliphatic carbocycles. The molecule has 1 aromatic heterocycles. The van der Waals surface area contributed by atoms with Gasteiger partial charge in [-0.3, -0.25) is 0 Å². The number of hydrogen-bond donors (Lipinski definition) is 2. The molecule has 1 aliphatic rings. The van der Waals surface area contributed by atoms with Crippen LogP contribution in [0.2, 0.25) is 0 Å². The summed E-state index contributed by atoms with van der Waals surface area (Å²) in [5.41, 5.74) is 2.48. The van der Waals surface area contributed by atoms with E-state index in [1.807, 2.05) is 0 Å². The number of rotatable bonds is 4. The van der Waals surface area contributed by atoms with Crippen molar-refractivity contribution in [1.82, 2.24) is 9.97 Å². The average Bonchev–Trinajstić information content (AvgIpc) is 2.41. The second-order valence-electron chi connectivity index (χ2n) is 4.62. The Morgan fingerprint density at radius 1 is 1.33 bits per heavy atom. The Morgan fingerprint density at radius 3 is 2.78 bits per heavy atom. The van der Waals surface area contributed by atoms with Crippen LogP contribution < -0.4 is 20.7 Å². The van der Waals surface area contributed by atoms with E-state index in [2.05, 4.69) is 22.3 Å². The first-order valence-corrected chi connectivity index (χ1v) is 6.28. The number of nitrogens with two attached hydrogens (primary N) is 1. The Bertz CT molecular complexity index is 400. The quantitative estimate of drug-likeness (QED) is 0.627. The largest absolute Gasteiger partial charge is 0.489 e. The Balaban J connectivity index is 2.17. The summed E-state index contributed by atoms with van der Waals surface area (Å²) in [5, 5.41) is 0. The molecular formula is C12H20N4O2. The molecule has 0 aromatic carbocycles. The Labute approximate surface area is 107 Å². The summed E-state index contributed by atoms with van der Waals surface area (Å²) in [7, 11) is 1.55. The van der Waals surface area contributed by atoms with E-state index in [0.29, 0.717) is 23.4 Å². The van der Waals surface area contributed by atoms with Crippen LogP contribution in [-0.4, -0.2) is 23.2 Å². The smallest absolute Gasteiger partial charge is 0.262 e. The topological polar surface area (TPSA) is 82.3 Å². The maximum Gasteiger partial charge on any atom is 0.262 e. The third kappa shape index (κ3) is 2.64. The van der Waals surface area contributed by atoms with Crippen LogP contribution in [0.4, 0.5) is 5.82 Å². The summed E-state index contributed by atoms with van der Waals surface area (Å²) >= 11 is 0. The number of nitrogen functional groups attached to an aromatic ring is 1. The molecule has 100 valence electrons. The number of anilines is 1. The zero-order chi connectivity index (χ0) is 13.0. The van der Waals surface area contributed by atoms with Crippen molar-refractivity contribution in [3.63, 3.8) is 0 Å². The molecule has 0 radical (unpaired) electrons. The van der Waals surface area contributed by atoms with Crippen molar-refractivity contribution >= 4 is 5.82 Å².